The highest BCUT2D eigenvalue weighted by atomic mass is 35.5. The van der Waals surface area contributed by atoms with Gasteiger partial charge in [-0.3, -0.25) is 14.3 Å². The van der Waals surface area contributed by atoms with Gasteiger partial charge in [0, 0.05) is 43.0 Å². The van der Waals surface area contributed by atoms with Crippen molar-refractivity contribution in [3.8, 4) is 11.3 Å². The monoisotopic (exact) mass is 630 g/mol. The molecule has 0 radical (unpaired) electrons. The lowest BCUT2D eigenvalue weighted by Crippen LogP contribution is -2.54. The second kappa shape index (κ2) is 11.7. The molecule has 0 N–H and O–H groups in total. The Balaban J connectivity index is 1.60. The fourth-order valence-electron chi connectivity index (χ4n) is 5.99. The van der Waals surface area contributed by atoms with Gasteiger partial charge in [-0.25, -0.2) is 9.78 Å². The summed E-state index contributed by atoms with van der Waals surface area (Å²) in [5.41, 5.74) is 4.32. The highest BCUT2D eigenvalue weighted by molar-refractivity contribution is 6.38. The van der Waals surface area contributed by atoms with Crippen LogP contribution in [-0.2, 0) is 11.3 Å². The first-order chi connectivity index (χ1) is 21.1. The molecule has 4 aromatic heterocycles. The normalized spacial score (nSPS) is 15.5. The van der Waals surface area contributed by atoms with Crippen LogP contribution in [-0.4, -0.2) is 56.0 Å². The molecule has 5 aromatic rings. The summed E-state index contributed by atoms with van der Waals surface area (Å²) < 4.78 is 7.39. The van der Waals surface area contributed by atoms with Gasteiger partial charge in [-0.2, -0.15) is 4.98 Å². The van der Waals surface area contributed by atoms with Crippen LogP contribution < -0.4 is 10.6 Å². The summed E-state index contributed by atoms with van der Waals surface area (Å²) in [7, 11) is 0. The fraction of sp³-hybridized carbons (Fsp3) is 0.303. The van der Waals surface area contributed by atoms with Crippen molar-refractivity contribution in [3.63, 3.8) is 0 Å². The maximum Gasteiger partial charge on any atom is 0.351 e. The summed E-state index contributed by atoms with van der Waals surface area (Å²) in [5, 5.41) is 2.23. The molecule has 11 heteroatoms. The average Bonchev–Trinajstić information content (AvgIpc) is 3.47. The number of furan rings is 1. The lowest BCUT2D eigenvalue weighted by molar-refractivity contribution is -0.126. The summed E-state index contributed by atoms with van der Waals surface area (Å²) in [6.07, 6.45) is 4.70. The smallest absolute Gasteiger partial charge is 0.351 e. The number of amides is 1. The lowest BCUT2D eigenvalue weighted by Gasteiger charge is -2.40. The summed E-state index contributed by atoms with van der Waals surface area (Å²) in [4.78, 5) is 44.4. The van der Waals surface area contributed by atoms with Crippen LogP contribution in [0, 0.1) is 6.92 Å². The van der Waals surface area contributed by atoms with Gasteiger partial charge in [0.05, 0.1) is 39.5 Å². The zero-order chi connectivity index (χ0) is 31.3. The lowest BCUT2D eigenvalue weighted by atomic mass is 9.99. The SMILES string of the molecule is C=CC(=O)N1CCN(c2nc(=O)n(Cc3c(C)ccnc3C(C)C)c3nc(-c4c(Cl)ccc5ccoc45)c(Cl)cc23)[C@@H](C)C1. The molecule has 1 aromatic carbocycles. The minimum absolute atomic E-state index is 0.128. The Morgan fingerprint density at radius 1 is 1.16 bits per heavy atom. The van der Waals surface area contributed by atoms with Gasteiger partial charge in [-0.15, -0.1) is 0 Å². The molecule has 226 valence electrons. The molecule has 1 saturated heterocycles. The molecular weight excluding hydrogens is 599 g/mol. The van der Waals surface area contributed by atoms with Crippen LogP contribution in [0.3, 0.4) is 0 Å². The van der Waals surface area contributed by atoms with E-state index in [9.17, 15) is 9.59 Å². The van der Waals surface area contributed by atoms with Gasteiger partial charge in [0.25, 0.3) is 0 Å². The van der Waals surface area contributed by atoms with Crippen molar-refractivity contribution >= 4 is 56.9 Å². The quantitative estimate of drug-likeness (QED) is 0.195. The predicted octanol–water partition coefficient (Wildman–Crippen LogP) is 6.61. The number of pyridine rings is 2. The number of carbonyl (C=O) groups excluding carboxylic acids is 1. The molecule has 0 aliphatic carbocycles. The van der Waals surface area contributed by atoms with Crippen LogP contribution in [0.15, 0.2) is 64.7 Å². The third-order valence-electron chi connectivity index (χ3n) is 8.26. The maximum atomic E-state index is 14.0. The zero-order valence-corrected chi connectivity index (χ0v) is 26.5. The second-order valence-corrected chi connectivity index (χ2v) is 12.2. The number of aryl methyl sites for hydroxylation is 1. The Hall–Kier alpha value is -4.21. The Kier molecular flexibility index (Phi) is 7.94. The number of piperazine rings is 1. The second-order valence-electron chi connectivity index (χ2n) is 11.4. The van der Waals surface area contributed by atoms with Crippen molar-refractivity contribution in [1.29, 1.82) is 0 Å². The van der Waals surface area contributed by atoms with Crippen LogP contribution in [0.25, 0.3) is 33.3 Å². The summed E-state index contributed by atoms with van der Waals surface area (Å²) in [6, 6.07) is 9.10. The Morgan fingerprint density at radius 2 is 1.95 bits per heavy atom. The molecule has 0 unspecified atom stereocenters. The van der Waals surface area contributed by atoms with Crippen molar-refractivity contribution in [3.05, 3.63) is 92.8 Å². The van der Waals surface area contributed by atoms with E-state index >= 15 is 0 Å². The van der Waals surface area contributed by atoms with Crippen molar-refractivity contribution in [2.24, 2.45) is 0 Å². The van der Waals surface area contributed by atoms with E-state index in [2.05, 4.69) is 30.4 Å². The Bertz CT molecular complexity index is 2000. The van der Waals surface area contributed by atoms with Crippen molar-refractivity contribution in [2.75, 3.05) is 24.5 Å². The first kappa shape index (κ1) is 29.8. The molecule has 1 aliphatic rings. The van der Waals surface area contributed by atoms with E-state index in [1.165, 1.54) is 6.08 Å². The highest BCUT2D eigenvalue weighted by Crippen LogP contribution is 2.40. The van der Waals surface area contributed by atoms with E-state index < -0.39 is 5.69 Å². The summed E-state index contributed by atoms with van der Waals surface area (Å²) in [6.45, 7) is 13.4. The number of fused-ring (bicyclic) bond motifs is 2. The van der Waals surface area contributed by atoms with Crippen molar-refractivity contribution in [2.45, 2.75) is 46.2 Å². The molecule has 6 rings (SSSR count). The van der Waals surface area contributed by atoms with Gasteiger partial charge in [0.15, 0.2) is 0 Å². The summed E-state index contributed by atoms with van der Waals surface area (Å²) >= 11 is 13.7. The van der Waals surface area contributed by atoms with Gasteiger partial charge in [-0.05, 0) is 67.3 Å². The number of aromatic nitrogens is 4. The first-order valence-electron chi connectivity index (χ1n) is 14.5. The molecule has 1 amide bonds. The number of halogens is 2. The van der Waals surface area contributed by atoms with Gasteiger partial charge in [0.2, 0.25) is 5.91 Å². The highest BCUT2D eigenvalue weighted by Gasteiger charge is 2.30. The van der Waals surface area contributed by atoms with Crippen molar-refractivity contribution < 1.29 is 9.21 Å². The standard InChI is InChI=1S/C33H32Cl2N6O3/c1-6-26(42)39-12-13-40(20(5)16-39)32-22-15-25(35)29(27-24(34)8-7-21-10-14-44-30(21)27)37-31(22)41(33(43)38-32)17-23-19(4)9-11-36-28(23)18(2)3/h6-11,14-15,18,20H,1,12-13,16-17H2,2-5H3/t20-/m0/s1. The van der Waals surface area contributed by atoms with Gasteiger partial charge >= 0.3 is 5.69 Å². The topological polar surface area (TPSA) is 97.4 Å². The number of rotatable bonds is 6. The molecule has 0 bridgehead atoms. The van der Waals surface area contributed by atoms with E-state index in [4.69, 9.17) is 32.6 Å². The van der Waals surface area contributed by atoms with Crippen molar-refractivity contribution in [1.82, 2.24) is 24.4 Å². The molecular formula is C33H32Cl2N6O3. The number of benzene rings is 1. The first-order valence-corrected chi connectivity index (χ1v) is 15.2. The number of hydrogen-bond donors (Lipinski definition) is 0. The van der Waals surface area contributed by atoms with Crippen LogP contribution in [0.1, 0.15) is 43.5 Å². The minimum Gasteiger partial charge on any atom is -0.464 e. The zero-order valence-electron chi connectivity index (χ0n) is 25.0. The molecule has 1 atom stereocenters. The van der Waals surface area contributed by atoms with Crippen LogP contribution in [0.5, 0.6) is 0 Å². The van der Waals surface area contributed by atoms with Gasteiger partial charge in [-0.1, -0.05) is 43.6 Å². The third kappa shape index (κ3) is 5.14. The van der Waals surface area contributed by atoms with Crippen LogP contribution in [0.4, 0.5) is 5.82 Å². The number of anilines is 1. The van der Waals surface area contributed by atoms with Gasteiger partial charge < -0.3 is 14.2 Å². The average molecular weight is 632 g/mol. The molecule has 1 aliphatic heterocycles. The maximum absolute atomic E-state index is 14.0. The van der Waals surface area contributed by atoms with Crippen LogP contribution in [0.2, 0.25) is 10.0 Å². The largest absolute Gasteiger partial charge is 0.464 e. The fourth-order valence-corrected chi connectivity index (χ4v) is 6.47. The molecule has 5 heterocycles. The molecule has 0 saturated carbocycles. The molecule has 1 fully saturated rings. The predicted molar refractivity (Wildman–Crippen MR) is 175 cm³/mol. The molecule has 9 nitrogen and oxygen atoms in total. The Labute approximate surface area is 264 Å². The summed E-state index contributed by atoms with van der Waals surface area (Å²) in [5.74, 6) is 0.480. The third-order valence-corrected chi connectivity index (χ3v) is 8.87. The Morgan fingerprint density at radius 3 is 2.68 bits per heavy atom. The van der Waals surface area contributed by atoms with Crippen LogP contribution >= 0.6 is 23.2 Å². The van der Waals surface area contributed by atoms with E-state index in [1.807, 2.05) is 36.9 Å². The van der Waals surface area contributed by atoms with Gasteiger partial charge in [0.1, 0.15) is 17.0 Å². The minimum atomic E-state index is -0.453. The van der Waals surface area contributed by atoms with E-state index in [0.717, 1.165) is 22.2 Å². The van der Waals surface area contributed by atoms with E-state index in [-0.39, 0.29) is 24.4 Å². The molecule has 44 heavy (non-hydrogen) atoms. The number of carbonyl (C=O) groups is 1. The number of hydrogen-bond acceptors (Lipinski definition) is 7. The van der Waals surface area contributed by atoms with E-state index in [1.54, 1.807) is 34.1 Å². The van der Waals surface area contributed by atoms with E-state index in [0.29, 0.717) is 63.4 Å². The number of nitrogens with zero attached hydrogens (tertiary/aromatic N) is 6. The molecule has 0 spiro atoms.